The molecule has 3 rings (SSSR count). The normalized spacial score (nSPS) is 18.4. The zero-order valence-corrected chi connectivity index (χ0v) is 15.4. The molecule has 132 valence electrons. The first kappa shape index (κ1) is 17.7. The van der Waals surface area contributed by atoms with Crippen molar-refractivity contribution in [3.05, 3.63) is 41.9 Å². The van der Waals surface area contributed by atoms with Crippen molar-refractivity contribution in [2.24, 2.45) is 0 Å². The van der Waals surface area contributed by atoms with Gasteiger partial charge in [-0.25, -0.2) is 9.97 Å². The van der Waals surface area contributed by atoms with Gasteiger partial charge in [0.05, 0.1) is 11.2 Å². The van der Waals surface area contributed by atoms with E-state index in [2.05, 4.69) is 9.97 Å². The van der Waals surface area contributed by atoms with Crippen molar-refractivity contribution in [2.45, 2.75) is 52.4 Å². The number of nitrogen functional groups attached to an aromatic ring is 1. The van der Waals surface area contributed by atoms with Gasteiger partial charge in [-0.2, -0.15) is 0 Å². The second-order valence-electron chi connectivity index (χ2n) is 7.30. The first-order chi connectivity index (χ1) is 11.7. The van der Waals surface area contributed by atoms with Crippen molar-refractivity contribution in [2.75, 3.05) is 5.73 Å². The van der Waals surface area contributed by atoms with Crippen LogP contribution in [0.25, 0.3) is 0 Å². The van der Waals surface area contributed by atoms with E-state index in [1.165, 1.54) is 0 Å². The summed E-state index contributed by atoms with van der Waals surface area (Å²) in [6.45, 7) is 10.3. The van der Waals surface area contributed by atoms with E-state index in [0.29, 0.717) is 11.6 Å². The lowest BCUT2D eigenvalue weighted by Crippen LogP contribution is -2.41. The highest BCUT2D eigenvalue weighted by atomic mass is 16.7. The molecular formula is C18H24BN3O3. The zero-order chi connectivity index (χ0) is 18.2. The quantitative estimate of drug-likeness (QED) is 0.860. The molecule has 0 amide bonds. The van der Waals surface area contributed by atoms with Crippen LogP contribution in [0.15, 0.2) is 30.3 Å². The molecule has 1 saturated heterocycles. The molecule has 0 bridgehead atoms. The lowest BCUT2D eigenvalue weighted by molar-refractivity contribution is 0.00578. The third-order valence-electron chi connectivity index (χ3n) is 4.69. The molecule has 2 aromatic rings. The molecule has 0 aliphatic carbocycles. The van der Waals surface area contributed by atoms with Crippen molar-refractivity contribution in [3.63, 3.8) is 0 Å². The molecule has 1 aromatic carbocycles. The Bertz CT molecular complexity index is 726. The summed E-state index contributed by atoms with van der Waals surface area (Å²) in [5.41, 5.74) is 6.81. The minimum Gasteiger partial charge on any atom is -0.486 e. The van der Waals surface area contributed by atoms with Crippen LogP contribution in [0, 0.1) is 6.92 Å². The molecule has 0 radical (unpaired) electrons. The molecule has 0 unspecified atom stereocenters. The second-order valence-corrected chi connectivity index (χ2v) is 7.30. The van der Waals surface area contributed by atoms with Crippen LogP contribution < -0.4 is 15.9 Å². The number of anilines is 1. The molecule has 1 aliphatic heterocycles. The highest BCUT2D eigenvalue weighted by molar-refractivity contribution is 6.62. The van der Waals surface area contributed by atoms with Gasteiger partial charge in [-0.05, 0) is 52.2 Å². The monoisotopic (exact) mass is 341 g/mol. The summed E-state index contributed by atoms with van der Waals surface area (Å²) >= 11 is 0. The van der Waals surface area contributed by atoms with E-state index in [1.807, 2.05) is 58.9 Å². The van der Waals surface area contributed by atoms with Crippen molar-refractivity contribution in [1.29, 1.82) is 0 Å². The number of hydrogen-bond donors (Lipinski definition) is 1. The van der Waals surface area contributed by atoms with Crippen molar-refractivity contribution >= 4 is 18.4 Å². The molecule has 2 N–H and O–H groups in total. The number of aryl methyl sites for hydroxylation is 1. The fourth-order valence-electron chi connectivity index (χ4n) is 2.57. The average molecular weight is 341 g/mol. The maximum absolute atomic E-state index is 6.05. The summed E-state index contributed by atoms with van der Waals surface area (Å²) in [4.78, 5) is 8.47. The number of nitrogens with two attached hydrogens (primary N) is 1. The van der Waals surface area contributed by atoms with Crippen LogP contribution in [0.4, 0.5) is 5.82 Å². The van der Waals surface area contributed by atoms with Crippen LogP contribution in [0.5, 0.6) is 5.75 Å². The van der Waals surface area contributed by atoms with Gasteiger partial charge < -0.3 is 19.8 Å². The van der Waals surface area contributed by atoms with Gasteiger partial charge in [-0.15, -0.1) is 0 Å². The van der Waals surface area contributed by atoms with Gasteiger partial charge in [0.1, 0.15) is 18.2 Å². The Hall–Kier alpha value is -2.12. The molecule has 1 aliphatic rings. The Balaban J connectivity index is 1.65. The topological polar surface area (TPSA) is 79.5 Å². The second kappa shape index (κ2) is 6.31. The Kier molecular flexibility index (Phi) is 4.47. The van der Waals surface area contributed by atoms with Crippen molar-refractivity contribution in [1.82, 2.24) is 9.97 Å². The molecule has 7 heteroatoms. The fourth-order valence-corrected chi connectivity index (χ4v) is 2.57. The maximum Gasteiger partial charge on any atom is 0.494 e. The van der Waals surface area contributed by atoms with Crippen LogP contribution in [0.2, 0.25) is 0 Å². The first-order valence-electron chi connectivity index (χ1n) is 8.35. The van der Waals surface area contributed by atoms with E-state index in [-0.39, 0.29) is 24.9 Å². The number of benzene rings is 1. The summed E-state index contributed by atoms with van der Waals surface area (Å²) in [6.07, 6.45) is 0. The third-order valence-corrected chi connectivity index (χ3v) is 4.69. The minimum atomic E-state index is -0.376. The first-order valence-corrected chi connectivity index (χ1v) is 8.35. The van der Waals surface area contributed by atoms with Crippen LogP contribution in [-0.2, 0) is 15.9 Å². The van der Waals surface area contributed by atoms with E-state index in [0.717, 1.165) is 16.9 Å². The Morgan fingerprint density at radius 2 is 1.64 bits per heavy atom. The van der Waals surface area contributed by atoms with Gasteiger partial charge in [0, 0.05) is 11.8 Å². The summed E-state index contributed by atoms with van der Waals surface area (Å²) < 4.78 is 17.8. The predicted molar refractivity (Wildman–Crippen MR) is 97.7 cm³/mol. The molecule has 0 saturated carbocycles. The van der Waals surface area contributed by atoms with Crippen LogP contribution in [0.3, 0.4) is 0 Å². The maximum atomic E-state index is 6.05. The van der Waals surface area contributed by atoms with Crippen LogP contribution in [0.1, 0.15) is 39.2 Å². The Morgan fingerprint density at radius 3 is 2.20 bits per heavy atom. The number of rotatable bonds is 4. The third kappa shape index (κ3) is 3.77. The highest BCUT2D eigenvalue weighted by Gasteiger charge is 2.51. The molecule has 6 nitrogen and oxygen atoms in total. The molecule has 1 aromatic heterocycles. The molecular weight excluding hydrogens is 317 g/mol. The van der Waals surface area contributed by atoms with E-state index in [4.69, 9.17) is 19.8 Å². The molecule has 0 atom stereocenters. The lowest BCUT2D eigenvalue weighted by Gasteiger charge is -2.32. The number of aromatic nitrogens is 2. The number of hydrogen-bond acceptors (Lipinski definition) is 6. The van der Waals surface area contributed by atoms with E-state index in [1.54, 1.807) is 6.07 Å². The van der Waals surface area contributed by atoms with Crippen LogP contribution in [-0.4, -0.2) is 28.3 Å². The van der Waals surface area contributed by atoms with E-state index < -0.39 is 0 Å². The average Bonchev–Trinajstić information content (AvgIpc) is 2.73. The summed E-state index contributed by atoms with van der Waals surface area (Å²) in [7, 11) is -0.376. The van der Waals surface area contributed by atoms with Crippen molar-refractivity contribution < 1.29 is 14.0 Å². The highest BCUT2D eigenvalue weighted by Crippen LogP contribution is 2.36. The fraction of sp³-hybridized carbons (Fsp3) is 0.444. The molecule has 2 heterocycles. The smallest absolute Gasteiger partial charge is 0.486 e. The number of nitrogens with zero attached hydrogens (tertiary/aromatic N) is 2. The largest absolute Gasteiger partial charge is 0.494 e. The van der Waals surface area contributed by atoms with Crippen LogP contribution >= 0.6 is 0 Å². The Morgan fingerprint density at radius 1 is 1.04 bits per heavy atom. The van der Waals surface area contributed by atoms with E-state index >= 15 is 0 Å². The Labute approximate surface area is 148 Å². The van der Waals surface area contributed by atoms with Gasteiger partial charge in [0.15, 0.2) is 5.82 Å². The summed E-state index contributed by atoms with van der Waals surface area (Å²) in [6, 6.07) is 9.40. The van der Waals surface area contributed by atoms with Gasteiger partial charge in [-0.1, -0.05) is 12.1 Å². The van der Waals surface area contributed by atoms with Gasteiger partial charge in [0.25, 0.3) is 0 Å². The van der Waals surface area contributed by atoms with Crippen molar-refractivity contribution in [3.8, 4) is 5.75 Å². The molecule has 25 heavy (non-hydrogen) atoms. The summed E-state index contributed by atoms with van der Waals surface area (Å²) in [5, 5.41) is 0. The van der Waals surface area contributed by atoms with E-state index in [9.17, 15) is 0 Å². The number of ether oxygens (including phenoxy) is 1. The van der Waals surface area contributed by atoms with Gasteiger partial charge in [0.2, 0.25) is 0 Å². The van der Waals surface area contributed by atoms with Gasteiger partial charge >= 0.3 is 7.12 Å². The lowest BCUT2D eigenvalue weighted by atomic mass is 9.79. The van der Waals surface area contributed by atoms with Gasteiger partial charge in [-0.3, -0.25) is 0 Å². The molecule has 1 fully saturated rings. The minimum absolute atomic E-state index is 0.266. The summed E-state index contributed by atoms with van der Waals surface area (Å²) in [5.74, 6) is 1.73. The SMILES string of the molecule is Cc1cc(N)nc(COc2ccc(B3OC(C)(C)C(C)(C)O3)cc2)n1. The predicted octanol–water partition coefficient (Wildman–Crippen LogP) is 2.25. The molecule has 0 spiro atoms. The zero-order valence-electron chi connectivity index (χ0n) is 15.4. The standard InChI is InChI=1S/C18H24BN3O3/c1-12-10-15(20)22-16(21-12)11-23-14-8-6-13(7-9-14)19-24-17(2,3)18(4,5)25-19/h6-10H,11H2,1-5H3,(H2,20,21,22).